The maximum absolute atomic E-state index is 14.7. The number of aryl methyl sites for hydroxylation is 1. The Morgan fingerprint density at radius 3 is 2.17 bits per heavy atom. The van der Waals surface area contributed by atoms with Gasteiger partial charge in [0.25, 0.3) is 10.0 Å². The normalized spacial score (nSPS) is 14.0. The molecule has 0 spiro atoms. The number of amides is 2. The highest BCUT2D eigenvalue weighted by Crippen LogP contribution is 2.32. The van der Waals surface area contributed by atoms with Gasteiger partial charge >= 0.3 is 0 Å². The van der Waals surface area contributed by atoms with Gasteiger partial charge in [0.2, 0.25) is 11.8 Å². The summed E-state index contributed by atoms with van der Waals surface area (Å²) in [7, 11) is -4.27. The molecule has 0 heterocycles. The van der Waals surface area contributed by atoms with Crippen molar-refractivity contribution in [1.29, 1.82) is 0 Å². The summed E-state index contributed by atoms with van der Waals surface area (Å²) in [6, 6.07) is 26.2. The molecule has 1 aliphatic rings. The molecule has 246 valence electrons. The maximum Gasteiger partial charge on any atom is 0.264 e. The summed E-state index contributed by atoms with van der Waals surface area (Å²) in [5.74, 6) is -0.918. The molecule has 7 nitrogen and oxygen atoms in total. The van der Waals surface area contributed by atoms with Crippen LogP contribution in [0.25, 0.3) is 0 Å². The SMILES string of the molecule is Cc1ccc(S(=O)(=O)N(CC(=O)N(Cc2ccc(Cl)cc2Cl)C(Cc2ccccc2)C(=O)NC2CCCC2)c2ccccc2Cl)cc1. The van der Waals surface area contributed by atoms with Gasteiger partial charge in [-0.05, 0) is 67.3 Å². The highest BCUT2D eigenvalue weighted by molar-refractivity contribution is 7.92. The van der Waals surface area contributed by atoms with Gasteiger partial charge in [0.15, 0.2) is 0 Å². The zero-order chi connectivity index (χ0) is 33.6. The van der Waals surface area contributed by atoms with Crippen LogP contribution in [0, 0.1) is 6.92 Å². The molecule has 0 aliphatic heterocycles. The molecule has 2 amide bonds. The summed E-state index contributed by atoms with van der Waals surface area (Å²) >= 11 is 19.3. The van der Waals surface area contributed by atoms with Crippen LogP contribution in [-0.2, 0) is 32.6 Å². The van der Waals surface area contributed by atoms with Gasteiger partial charge in [-0.15, -0.1) is 0 Å². The molecule has 1 atom stereocenters. The zero-order valence-electron chi connectivity index (χ0n) is 25.9. The van der Waals surface area contributed by atoms with Crippen LogP contribution in [0.3, 0.4) is 0 Å². The lowest BCUT2D eigenvalue weighted by Crippen LogP contribution is -2.54. The van der Waals surface area contributed by atoms with Crippen molar-refractivity contribution in [3.8, 4) is 0 Å². The fraction of sp³-hybridized carbons (Fsp3) is 0.278. The van der Waals surface area contributed by atoms with Crippen LogP contribution in [-0.4, -0.2) is 43.8 Å². The number of halogens is 3. The molecule has 0 radical (unpaired) electrons. The fourth-order valence-corrected chi connectivity index (χ4v) is 7.95. The number of carbonyl (C=O) groups is 2. The van der Waals surface area contributed by atoms with Crippen LogP contribution in [0.4, 0.5) is 5.69 Å². The van der Waals surface area contributed by atoms with Gasteiger partial charge in [0.1, 0.15) is 12.6 Å². The molecule has 1 fully saturated rings. The third-order valence-electron chi connectivity index (χ3n) is 8.34. The first kappa shape index (κ1) is 34.8. The number of benzene rings is 4. The molecule has 0 saturated heterocycles. The zero-order valence-corrected chi connectivity index (χ0v) is 29.0. The number of nitrogens with zero attached hydrogens (tertiary/aromatic N) is 2. The summed E-state index contributed by atoms with van der Waals surface area (Å²) in [6.45, 7) is 1.17. The number of hydrogen-bond acceptors (Lipinski definition) is 4. The Balaban J connectivity index is 1.59. The molecule has 0 bridgehead atoms. The summed E-state index contributed by atoms with van der Waals surface area (Å²) in [6.07, 6.45) is 3.95. The standard InChI is InChI=1S/C36H36Cl3N3O4S/c1-25-15-19-30(20-16-25)47(45,46)42(33-14-8-7-13-31(33)38)24-35(43)41(23-27-17-18-28(37)22-32(27)39)34(21-26-9-3-2-4-10-26)36(44)40-29-11-5-6-12-29/h2-4,7-10,13-20,22,29,34H,5-6,11-12,21,23-24H2,1H3,(H,40,44). The van der Waals surface area contributed by atoms with Gasteiger partial charge in [-0.1, -0.05) is 114 Å². The van der Waals surface area contributed by atoms with E-state index in [1.807, 2.05) is 37.3 Å². The topological polar surface area (TPSA) is 86.8 Å². The molecule has 0 aromatic heterocycles. The maximum atomic E-state index is 14.7. The molecule has 1 saturated carbocycles. The number of hydrogen-bond donors (Lipinski definition) is 1. The quantitative estimate of drug-likeness (QED) is 0.162. The number of carbonyl (C=O) groups excluding carboxylic acids is 2. The lowest BCUT2D eigenvalue weighted by molar-refractivity contribution is -0.140. The predicted molar refractivity (Wildman–Crippen MR) is 189 cm³/mol. The first-order valence-corrected chi connectivity index (χ1v) is 18.0. The van der Waals surface area contributed by atoms with Crippen molar-refractivity contribution in [2.24, 2.45) is 0 Å². The first-order valence-electron chi connectivity index (χ1n) is 15.4. The van der Waals surface area contributed by atoms with E-state index in [2.05, 4.69) is 5.32 Å². The van der Waals surface area contributed by atoms with Gasteiger partial charge in [-0.25, -0.2) is 8.42 Å². The Bertz CT molecular complexity index is 1820. The van der Waals surface area contributed by atoms with Crippen molar-refractivity contribution in [2.75, 3.05) is 10.8 Å². The minimum atomic E-state index is -4.27. The molecule has 11 heteroatoms. The van der Waals surface area contributed by atoms with Gasteiger partial charge in [-0.3, -0.25) is 13.9 Å². The third kappa shape index (κ3) is 8.68. The van der Waals surface area contributed by atoms with E-state index in [4.69, 9.17) is 34.8 Å². The fourth-order valence-electron chi connectivity index (χ4n) is 5.76. The average molecular weight is 713 g/mol. The van der Waals surface area contributed by atoms with Crippen LogP contribution >= 0.6 is 34.8 Å². The minimum absolute atomic E-state index is 0.00150. The van der Waals surface area contributed by atoms with Crippen molar-refractivity contribution in [3.05, 3.63) is 129 Å². The van der Waals surface area contributed by atoms with Crippen LogP contribution in [0.5, 0.6) is 0 Å². The monoisotopic (exact) mass is 711 g/mol. The summed E-state index contributed by atoms with van der Waals surface area (Å²) < 4.78 is 29.4. The second-order valence-corrected chi connectivity index (χ2v) is 14.8. The largest absolute Gasteiger partial charge is 0.352 e. The Kier molecular flexibility index (Phi) is 11.5. The number of anilines is 1. The van der Waals surface area contributed by atoms with E-state index in [1.54, 1.807) is 54.6 Å². The van der Waals surface area contributed by atoms with Crippen LogP contribution in [0.2, 0.25) is 15.1 Å². The number of sulfonamides is 1. The van der Waals surface area contributed by atoms with Crippen molar-refractivity contribution in [2.45, 2.75) is 62.6 Å². The molecule has 1 aliphatic carbocycles. The van der Waals surface area contributed by atoms with Crippen molar-refractivity contribution >= 4 is 62.3 Å². The summed E-state index contributed by atoms with van der Waals surface area (Å²) in [5, 5.41) is 4.06. The molecule has 1 N–H and O–H groups in total. The van der Waals surface area contributed by atoms with E-state index < -0.39 is 28.5 Å². The molecule has 47 heavy (non-hydrogen) atoms. The van der Waals surface area contributed by atoms with Gasteiger partial charge in [-0.2, -0.15) is 0 Å². The van der Waals surface area contributed by atoms with E-state index in [1.165, 1.54) is 17.0 Å². The van der Waals surface area contributed by atoms with Crippen LogP contribution in [0.1, 0.15) is 42.4 Å². The molecular weight excluding hydrogens is 677 g/mol. The molecule has 4 aromatic rings. The molecule has 1 unspecified atom stereocenters. The average Bonchev–Trinajstić information content (AvgIpc) is 3.56. The molecular formula is C36H36Cl3N3O4S. The van der Waals surface area contributed by atoms with Crippen LogP contribution < -0.4 is 9.62 Å². The Hall–Kier alpha value is -3.56. The molecule has 4 aromatic carbocycles. The molecule has 5 rings (SSSR count). The number of para-hydroxylation sites is 1. The van der Waals surface area contributed by atoms with Crippen molar-refractivity contribution < 1.29 is 18.0 Å². The Morgan fingerprint density at radius 1 is 0.851 bits per heavy atom. The van der Waals surface area contributed by atoms with Crippen LogP contribution in [0.15, 0.2) is 102 Å². The van der Waals surface area contributed by atoms with Crippen molar-refractivity contribution in [1.82, 2.24) is 10.2 Å². The highest BCUT2D eigenvalue weighted by atomic mass is 35.5. The second kappa shape index (κ2) is 15.6. The van der Waals surface area contributed by atoms with E-state index in [-0.39, 0.29) is 40.5 Å². The van der Waals surface area contributed by atoms with E-state index in [0.29, 0.717) is 15.6 Å². The Morgan fingerprint density at radius 2 is 1.51 bits per heavy atom. The van der Waals surface area contributed by atoms with Gasteiger partial charge < -0.3 is 10.2 Å². The first-order chi connectivity index (χ1) is 22.5. The number of rotatable bonds is 12. The van der Waals surface area contributed by atoms with Gasteiger partial charge in [0.05, 0.1) is 15.6 Å². The van der Waals surface area contributed by atoms with E-state index >= 15 is 0 Å². The van der Waals surface area contributed by atoms with E-state index in [0.717, 1.165) is 41.1 Å². The smallest absolute Gasteiger partial charge is 0.264 e. The highest BCUT2D eigenvalue weighted by Gasteiger charge is 2.36. The predicted octanol–water partition coefficient (Wildman–Crippen LogP) is 7.85. The summed E-state index contributed by atoms with van der Waals surface area (Å²) in [4.78, 5) is 30.2. The van der Waals surface area contributed by atoms with Crippen molar-refractivity contribution in [3.63, 3.8) is 0 Å². The lowest BCUT2D eigenvalue weighted by atomic mass is 10.0. The second-order valence-electron chi connectivity index (χ2n) is 11.7. The van der Waals surface area contributed by atoms with E-state index in [9.17, 15) is 18.0 Å². The van der Waals surface area contributed by atoms with Gasteiger partial charge in [0, 0.05) is 29.1 Å². The lowest BCUT2D eigenvalue weighted by Gasteiger charge is -2.34. The minimum Gasteiger partial charge on any atom is -0.352 e. The summed E-state index contributed by atoms with van der Waals surface area (Å²) in [5.41, 5.74) is 2.42. The number of nitrogens with one attached hydrogen (secondary N) is 1. The third-order valence-corrected chi connectivity index (χ3v) is 11.0. The Labute approximate surface area is 291 Å².